The lowest BCUT2D eigenvalue weighted by Crippen LogP contribution is -2.05. The van der Waals surface area contributed by atoms with Gasteiger partial charge in [-0.2, -0.15) is 5.26 Å². The average molecular weight is 251 g/mol. The zero-order valence-electron chi connectivity index (χ0n) is 10.6. The smallest absolute Gasteiger partial charge is 0.308 e. The highest BCUT2D eigenvalue weighted by atomic mass is 16.5. The molecule has 0 aliphatic carbocycles. The van der Waals surface area contributed by atoms with Gasteiger partial charge in [0.05, 0.1) is 11.6 Å². The first-order valence-corrected chi connectivity index (χ1v) is 5.95. The molecule has 2 aromatic carbocycles. The highest BCUT2D eigenvalue weighted by Crippen LogP contribution is 2.25. The Balaban J connectivity index is 2.42. The molecule has 2 aromatic rings. The fourth-order valence-electron chi connectivity index (χ4n) is 1.90. The van der Waals surface area contributed by atoms with Crippen LogP contribution in [0.5, 0.6) is 5.75 Å². The standard InChI is InChI=1S/C16H13NO2/c1-12(18)19-16-9-5-8-14(11-17)15(16)10-13-6-3-2-4-7-13/h2-9H,10H2,1H3. The van der Waals surface area contributed by atoms with Gasteiger partial charge in [0, 0.05) is 18.9 Å². The summed E-state index contributed by atoms with van der Waals surface area (Å²) < 4.78 is 5.17. The summed E-state index contributed by atoms with van der Waals surface area (Å²) in [4.78, 5) is 11.1. The lowest BCUT2D eigenvalue weighted by atomic mass is 9.99. The second kappa shape index (κ2) is 5.83. The molecule has 0 radical (unpaired) electrons. The van der Waals surface area contributed by atoms with Crippen LogP contribution in [0.4, 0.5) is 0 Å². The molecule has 0 amide bonds. The Morgan fingerprint density at radius 3 is 2.53 bits per heavy atom. The third-order valence-corrected chi connectivity index (χ3v) is 2.73. The van der Waals surface area contributed by atoms with Crippen molar-refractivity contribution < 1.29 is 9.53 Å². The molecule has 2 rings (SSSR count). The van der Waals surface area contributed by atoms with Gasteiger partial charge in [-0.3, -0.25) is 4.79 Å². The molecule has 0 atom stereocenters. The largest absolute Gasteiger partial charge is 0.426 e. The number of hydrogen-bond acceptors (Lipinski definition) is 3. The van der Waals surface area contributed by atoms with Crippen LogP contribution in [0.25, 0.3) is 0 Å². The third-order valence-electron chi connectivity index (χ3n) is 2.73. The van der Waals surface area contributed by atoms with Crippen molar-refractivity contribution in [3.8, 4) is 11.8 Å². The topological polar surface area (TPSA) is 50.1 Å². The molecule has 0 heterocycles. The Kier molecular flexibility index (Phi) is 3.94. The van der Waals surface area contributed by atoms with E-state index in [0.717, 1.165) is 11.1 Å². The summed E-state index contributed by atoms with van der Waals surface area (Å²) in [5.74, 6) is 0.0693. The Morgan fingerprint density at radius 1 is 1.16 bits per heavy atom. The van der Waals surface area contributed by atoms with E-state index in [0.29, 0.717) is 17.7 Å². The van der Waals surface area contributed by atoms with Gasteiger partial charge in [0.1, 0.15) is 5.75 Å². The maximum absolute atomic E-state index is 11.1. The van der Waals surface area contributed by atoms with Crippen molar-refractivity contribution >= 4 is 5.97 Å². The molecule has 0 N–H and O–H groups in total. The molecular weight excluding hydrogens is 238 g/mol. The highest BCUT2D eigenvalue weighted by molar-refractivity contribution is 5.70. The fourth-order valence-corrected chi connectivity index (χ4v) is 1.90. The maximum atomic E-state index is 11.1. The van der Waals surface area contributed by atoms with E-state index in [4.69, 9.17) is 10.00 Å². The van der Waals surface area contributed by atoms with Crippen molar-refractivity contribution in [3.05, 3.63) is 65.2 Å². The van der Waals surface area contributed by atoms with Gasteiger partial charge in [-0.1, -0.05) is 36.4 Å². The predicted octanol–water partition coefficient (Wildman–Crippen LogP) is 3.07. The Bertz CT molecular complexity index is 627. The first kappa shape index (κ1) is 12.8. The molecular formula is C16H13NO2. The second-order valence-corrected chi connectivity index (χ2v) is 4.15. The van der Waals surface area contributed by atoms with Crippen LogP contribution in [0, 0.1) is 11.3 Å². The van der Waals surface area contributed by atoms with E-state index in [-0.39, 0.29) is 5.97 Å². The van der Waals surface area contributed by atoms with Crippen LogP contribution in [0.1, 0.15) is 23.6 Å². The summed E-state index contributed by atoms with van der Waals surface area (Å²) in [5.41, 5.74) is 2.34. The predicted molar refractivity (Wildman–Crippen MR) is 71.7 cm³/mol. The van der Waals surface area contributed by atoms with Gasteiger partial charge in [0.15, 0.2) is 0 Å². The van der Waals surface area contributed by atoms with Crippen LogP contribution >= 0.6 is 0 Å². The normalized spacial score (nSPS) is 9.68. The van der Waals surface area contributed by atoms with Crippen LogP contribution in [0.15, 0.2) is 48.5 Å². The number of rotatable bonds is 3. The van der Waals surface area contributed by atoms with E-state index in [9.17, 15) is 4.79 Å². The molecule has 0 unspecified atom stereocenters. The van der Waals surface area contributed by atoms with Gasteiger partial charge in [-0.05, 0) is 17.7 Å². The summed E-state index contributed by atoms with van der Waals surface area (Å²) in [5, 5.41) is 9.16. The van der Waals surface area contributed by atoms with Crippen LogP contribution in [-0.4, -0.2) is 5.97 Å². The maximum Gasteiger partial charge on any atom is 0.308 e. The minimum absolute atomic E-state index is 0.385. The molecule has 3 heteroatoms. The Morgan fingerprint density at radius 2 is 1.89 bits per heavy atom. The van der Waals surface area contributed by atoms with Crippen LogP contribution < -0.4 is 4.74 Å². The first-order chi connectivity index (χ1) is 9.20. The number of nitrogens with zero attached hydrogens (tertiary/aromatic N) is 1. The first-order valence-electron chi connectivity index (χ1n) is 5.95. The van der Waals surface area contributed by atoms with E-state index in [1.807, 2.05) is 30.3 Å². The molecule has 0 aliphatic rings. The molecule has 0 aliphatic heterocycles. The molecule has 94 valence electrons. The summed E-state index contributed by atoms with van der Waals surface area (Å²) in [6.07, 6.45) is 0.563. The number of esters is 1. The minimum Gasteiger partial charge on any atom is -0.426 e. The SMILES string of the molecule is CC(=O)Oc1cccc(C#N)c1Cc1ccccc1. The zero-order chi connectivity index (χ0) is 13.7. The van der Waals surface area contributed by atoms with Crippen LogP contribution in [-0.2, 0) is 11.2 Å². The van der Waals surface area contributed by atoms with Crippen molar-refractivity contribution in [2.24, 2.45) is 0 Å². The van der Waals surface area contributed by atoms with Gasteiger partial charge in [-0.15, -0.1) is 0 Å². The summed E-state index contributed by atoms with van der Waals surface area (Å²) in [6, 6.07) is 17.1. The number of benzene rings is 2. The van der Waals surface area contributed by atoms with Crippen molar-refractivity contribution in [1.29, 1.82) is 5.26 Å². The molecule has 0 aromatic heterocycles. The quantitative estimate of drug-likeness (QED) is 0.622. The monoisotopic (exact) mass is 251 g/mol. The van der Waals surface area contributed by atoms with Crippen LogP contribution in [0.3, 0.4) is 0 Å². The van der Waals surface area contributed by atoms with Crippen LogP contribution in [0.2, 0.25) is 0 Å². The van der Waals surface area contributed by atoms with Gasteiger partial charge in [-0.25, -0.2) is 0 Å². The molecule has 0 saturated heterocycles. The number of carbonyl (C=O) groups is 1. The van der Waals surface area contributed by atoms with Gasteiger partial charge >= 0.3 is 5.97 Å². The van der Waals surface area contributed by atoms with E-state index in [2.05, 4.69) is 6.07 Å². The number of hydrogen-bond donors (Lipinski definition) is 0. The lowest BCUT2D eigenvalue weighted by molar-refractivity contribution is -0.131. The Labute approximate surface area is 112 Å². The van der Waals surface area contributed by atoms with Gasteiger partial charge < -0.3 is 4.74 Å². The van der Waals surface area contributed by atoms with Crippen molar-refractivity contribution in [1.82, 2.24) is 0 Å². The molecule has 0 fully saturated rings. The second-order valence-electron chi connectivity index (χ2n) is 4.15. The number of ether oxygens (including phenoxy) is 1. The van der Waals surface area contributed by atoms with Gasteiger partial charge in [0.25, 0.3) is 0 Å². The number of nitriles is 1. The van der Waals surface area contributed by atoms with E-state index >= 15 is 0 Å². The highest BCUT2D eigenvalue weighted by Gasteiger charge is 2.11. The minimum atomic E-state index is -0.385. The summed E-state index contributed by atoms with van der Waals surface area (Å²) >= 11 is 0. The van der Waals surface area contributed by atoms with E-state index < -0.39 is 0 Å². The lowest BCUT2D eigenvalue weighted by Gasteiger charge is -2.10. The summed E-state index contributed by atoms with van der Waals surface area (Å²) in [7, 11) is 0. The Hall–Kier alpha value is -2.60. The zero-order valence-corrected chi connectivity index (χ0v) is 10.6. The van der Waals surface area contributed by atoms with Crippen molar-refractivity contribution in [3.63, 3.8) is 0 Å². The van der Waals surface area contributed by atoms with Gasteiger partial charge in [0.2, 0.25) is 0 Å². The molecule has 0 spiro atoms. The number of carbonyl (C=O) groups excluding carboxylic acids is 1. The molecule has 0 saturated carbocycles. The van der Waals surface area contributed by atoms with Crippen molar-refractivity contribution in [2.45, 2.75) is 13.3 Å². The molecule has 19 heavy (non-hydrogen) atoms. The molecule has 0 bridgehead atoms. The molecule has 3 nitrogen and oxygen atoms in total. The fraction of sp³-hybridized carbons (Fsp3) is 0.125. The average Bonchev–Trinajstić information content (AvgIpc) is 2.41. The third kappa shape index (κ3) is 3.20. The van der Waals surface area contributed by atoms with E-state index in [1.54, 1.807) is 18.2 Å². The van der Waals surface area contributed by atoms with E-state index in [1.165, 1.54) is 6.92 Å². The summed E-state index contributed by atoms with van der Waals surface area (Å²) in [6.45, 7) is 1.35. The van der Waals surface area contributed by atoms with Crippen molar-refractivity contribution in [2.75, 3.05) is 0 Å².